The van der Waals surface area contributed by atoms with Crippen molar-refractivity contribution in [2.75, 3.05) is 31.7 Å². The first-order chi connectivity index (χ1) is 15.1. The number of para-hydroxylation sites is 1. The third-order valence-corrected chi connectivity index (χ3v) is 9.80. The van der Waals surface area contributed by atoms with Crippen LogP contribution in [0.3, 0.4) is 0 Å². The largest absolute Gasteiger partial charge is 0.497 e. The molecule has 5 nitrogen and oxygen atoms in total. The number of benzene rings is 2. The molecule has 2 atom stereocenters. The van der Waals surface area contributed by atoms with Gasteiger partial charge in [-0.15, -0.1) is 11.3 Å². The number of aromatic nitrogens is 1. The molecule has 0 fully saturated rings. The number of hydrogen-bond donors (Lipinski definition) is 1. The minimum Gasteiger partial charge on any atom is -0.497 e. The van der Waals surface area contributed by atoms with Gasteiger partial charge in [0.25, 0.3) is 0 Å². The zero-order valence-electron chi connectivity index (χ0n) is 18.0. The summed E-state index contributed by atoms with van der Waals surface area (Å²) in [4.78, 5) is 5.59. The number of nitrogens with zero attached hydrogens (tertiary/aromatic N) is 1. The molecular weight excluding hydrogens is 427 g/mol. The Hall–Kier alpha value is -2.40. The summed E-state index contributed by atoms with van der Waals surface area (Å²) in [5, 5.41) is 5.66. The fourth-order valence-corrected chi connectivity index (χ4v) is 7.55. The second kappa shape index (κ2) is 9.39. The van der Waals surface area contributed by atoms with Crippen LogP contribution in [0.2, 0.25) is 0 Å². The lowest BCUT2D eigenvalue weighted by atomic mass is 10.2. The van der Waals surface area contributed by atoms with Crippen LogP contribution in [0.4, 0.5) is 5.69 Å². The van der Waals surface area contributed by atoms with Crippen LogP contribution in [0, 0.1) is 0 Å². The smallest absolute Gasteiger partial charge is 0.212 e. The van der Waals surface area contributed by atoms with E-state index in [1.54, 1.807) is 18.4 Å². The molecule has 4 rings (SSSR count). The monoisotopic (exact) mass is 454 g/mol. The predicted molar refractivity (Wildman–Crippen MR) is 131 cm³/mol. The van der Waals surface area contributed by atoms with Crippen LogP contribution < -0.4 is 10.1 Å². The Morgan fingerprint density at radius 1 is 1.10 bits per heavy atom. The SMILES string of the molecule is CCOP(=O)(CC)C(CNc1cnc2ccccc2c1)c1cc2ccc(OC)cc2s1. The molecule has 0 saturated carbocycles. The molecule has 0 aliphatic heterocycles. The van der Waals surface area contributed by atoms with Gasteiger partial charge in [-0.25, -0.2) is 0 Å². The standard InChI is InChI=1S/C24H27N2O3PS/c1-4-29-30(27,5-2)22(24-13-18-10-11-20(28-3)14-23(18)31-24)16-25-19-12-17-8-6-7-9-21(17)26-15-19/h6-15,22,25H,4-5,16H2,1-3H3. The number of ether oxygens (including phenoxy) is 1. The first-order valence-corrected chi connectivity index (χ1v) is 13.1. The van der Waals surface area contributed by atoms with E-state index in [1.807, 2.05) is 62.5 Å². The third kappa shape index (κ3) is 4.62. The highest BCUT2D eigenvalue weighted by molar-refractivity contribution is 7.59. The first kappa shape index (κ1) is 21.8. The van der Waals surface area contributed by atoms with E-state index in [2.05, 4.69) is 22.4 Å². The average molecular weight is 455 g/mol. The van der Waals surface area contributed by atoms with Crippen molar-refractivity contribution in [2.24, 2.45) is 0 Å². The minimum atomic E-state index is -2.90. The highest BCUT2D eigenvalue weighted by atomic mass is 32.1. The van der Waals surface area contributed by atoms with Gasteiger partial charge in [0.2, 0.25) is 7.37 Å². The summed E-state index contributed by atoms with van der Waals surface area (Å²) in [5.74, 6) is 0.821. The molecule has 7 heteroatoms. The van der Waals surface area contributed by atoms with E-state index in [1.165, 1.54) is 0 Å². The molecule has 0 aliphatic carbocycles. The number of fused-ring (bicyclic) bond motifs is 2. The Morgan fingerprint density at radius 3 is 2.71 bits per heavy atom. The quantitative estimate of drug-likeness (QED) is 0.277. The van der Waals surface area contributed by atoms with Gasteiger partial charge in [0.1, 0.15) is 5.75 Å². The van der Waals surface area contributed by atoms with E-state index in [0.717, 1.165) is 37.3 Å². The minimum absolute atomic E-state index is 0.243. The summed E-state index contributed by atoms with van der Waals surface area (Å²) in [7, 11) is -1.23. The van der Waals surface area contributed by atoms with Crippen molar-refractivity contribution in [2.45, 2.75) is 19.5 Å². The molecule has 1 N–H and O–H groups in total. The number of anilines is 1. The van der Waals surface area contributed by atoms with Crippen LogP contribution in [0.1, 0.15) is 24.4 Å². The molecule has 0 saturated heterocycles. The summed E-state index contributed by atoms with van der Waals surface area (Å²) in [6.07, 6.45) is 2.31. The molecule has 162 valence electrons. The fraction of sp³-hybridized carbons (Fsp3) is 0.292. The number of rotatable bonds is 9. The molecule has 0 spiro atoms. The summed E-state index contributed by atoms with van der Waals surface area (Å²) < 4.78 is 26.2. The van der Waals surface area contributed by atoms with E-state index in [0.29, 0.717) is 19.3 Å². The van der Waals surface area contributed by atoms with Gasteiger partial charge >= 0.3 is 0 Å². The summed E-state index contributed by atoms with van der Waals surface area (Å²) in [5.41, 5.74) is 1.62. The van der Waals surface area contributed by atoms with E-state index in [4.69, 9.17) is 9.26 Å². The lowest BCUT2D eigenvalue weighted by molar-refractivity contribution is 0.327. The van der Waals surface area contributed by atoms with E-state index in [-0.39, 0.29) is 5.66 Å². The zero-order chi connectivity index (χ0) is 21.8. The van der Waals surface area contributed by atoms with Gasteiger partial charge in [-0.05, 0) is 48.7 Å². The molecule has 31 heavy (non-hydrogen) atoms. The number of hydrogen-bond acceptors (Lipinski definition) is 6. The Morgan fingerprint density at radius 2 is 1.94 bits per heavy atom. The maximum absolute atomic E-state index is 13.8. The number of pyridine rings is 1. The van der Waals surface area contributed by atoms with Gasteiger partial charge in [-0.2, -0.15) is 0 Å². The van der Waals surface area contributed by atoms with E-state index in [9.17, 15) is 4.57 Å². The topological polar surface area (TPSA) is 60.5 Å². The van der Waals surface area contributed by atoms with Gasteiger partial charge < -0.3 is 14.6 Å². The van der Waals surface area contributed by atoms with Crippen LogP contribution in [0.5, 0.6) is 5.75 Å². The summed E-state index contributed by atoms with van der Waals surface area (Å²) in [6, 6.07) is 18.3. The van der Waals surface area contributed by atoms with Crippen molar-refractivity contribution in [3.8, 4) is 5.75 Å². The fourth-order valence-electron chi connectivity index (χ4n) is 3.76. The first-order valence-electron chi connectivity index (χ1n) is 10.5. The molecular formula is C24H27N2O3PS. The van der Waals surface area contributed by atoms with Crippen molar-refractivity contribution in [3.05, 3.63) is 65.7 Å². The lowest BCUT2D eigenvalue weighted by Gasteiger charge is -2.26. The second-order valence-electron chi connectivity index (χ2n) is 7.33. The highest BCUT2D eigenvalue weighted by Gasteiger charge is 2.35. The molecule has 2 unspecified atom stereocenters. The zero-order valence-corrected chi connectivity index (χ0v) is 19.7. The second-order valence-corrected chi connectivity index (χ2v) is 11.4. The molecule has 0 bridgehead atoms. The molecule has 4 aromatic rings. The summed E-state index contributed by atoms with van der Waals surface area (Å²) in [6.45, 7) is 4.78. The van der Waals surface area contributed by atoms with Crippen LogP contribution in [-0.2, 0) is 9.09 Å². The molecule has 2 aromatic heterocycles. The van der Waals surface area contributed by atoms with Crippen LogP contribution in [0.15, 0.2) is 60.8 Å². The van der Waals surface area contributed by atoms with Crippen molar-refractivity contribution in [3.63, 3.8) is 0 Å². The van der Waals surface area contributed by atoms with Crippen LogP contribution in [0.25, 0.3) is 21.0 Å². The van der Waals surface area contributed by atoms with Crippen LogP contribution in [-0.4, -0.2) is 31.4 Å². The molecule has 2 aromatic carbocycles. The third-order valence-electron chi connectivity index (χ3n) is 5.43. The Labute approximate surface area is 186 Å². The molecule has 0 radical (unpaired) electrons. The number of thiophene rings is 1. The Bertz CT molecular complexity index is 1240. The van der Waals surface area contributed by atoms with E-state index < -0.39 is 7.37 Å². The number of nitrogens with one attached hydrogen (secondary N) is 1. The van der Waals surface area contributed by atoms with Gasteiger partial charge in [0.05, 0.1) is 36.8 Å². The molecule has 2 heterocycles. The van der Waals surface area contributed by atoms with E-state index >= 15 is 0 Å². The van der Waals surface area contributed by atoms with Gasteiger partial charge in [-0.1, -0.05) is 25.1 Å². The molecule has 0 aliphatic rings. The molecule has 0 amide bonds. The summed E-state index contributed by atoms with van der Waals surface area (Å²) >= 11 is 1.65. The maximum atomic E-state index is 13.8. The lowest BCUT2D eigenvalue weighted by Crippen LogP contribution is -2.15. The van der Waals surface area contributed by atoms with Crippen molar-refractivity contribution >= 4 is 45.4 Å². The van der Waals surface area contributed by atoms with Crippen molar-refractivity contribution < 1.29 is 13.8 Å². The van der Waals surface area contributed by atoms with Crippen molar-refractivity contribution in [1.82, 2.24) is 4.98 Å². The van der Waals surface area contributed by atoms with Gasteiger partial charge in [0, 0.05) is 27.7 Å². The highest BCUT2D eigenvalue weighted by Crippen LogP contribution is 2.61. The Kier molecular flexibility index (Phi) is 6.61. The van der Waals surface area contributed by atoms with Gasteiger partial charge in [0.15, 0.2) is 0 Å². The van der Waals surface area contributed by atoms with Crippen LogP contribution >= 0.6 is 18.7 Å². The Balaban J connectivity index is 1.67. The normalized spacial score (nSPS) is 14.4. The van der Waals surface area contributed by atoms with Gasteiger partial charge in [-0.3, -0.25) is 9.55 Å². The maximum Gasteiger partial charge on any atom is 0.212 e. The number of methoxy groups -OCH3 is 1. The predicted octanol–water partition coefficient (Wildman–Crippen LogP) is 6.95. The van der Waals surface area contributed by atoms with Crippen molar-refractivity contribution in [1.29, 1.82) is 0 Å². The average Bonchev–Trinajstić information content (AvgIpc) is 3.21.